The fraction of sp³-hybridized carbons (Fsp3) is 0.333. The van der Waals surface area contributed by atoms with Crippen molar-refractivity contribution in [3.63, 3.8) is 0 Å². The van der Waals surface area contributed by atoms with E-state index < -0.39 is 10.7 Å². The minimum atomic E-state index is -0.780. The summed E-state index contributed by atoms with van der Waals surface area (Å²) in [5.41, 5.74) is -0.318. The molecule has 0 amide bonds. The molecule has 0 spiro atoms. The second kappa shape index (κ2) is 6.93. The van der Waals surface area contributed by atoms with E-state index in [2.05, 4.69) is 15.5 Å². The molecule has 0 aliphatic carbocycles. The van der Waals surface area contributed by atoms with Crippen molar-refractivity contribution in [1.29, 1.82) is 0 Å². The fourth-order valence-corrected chi connectivity index (χ4v) is 2.15. The number of non-ortho nitro benzene ring substituents is 1. The molecule has 21 heavy (non-hydrogen) atoms. The van der Waals surface area contributed by atoms with Gasteiger partial charge in [0.25, 0.3) is 5.69 Å². The number of nitro benzene ring substituents is 1. The van der Waals surface area contributed by atoms with Crippen LogP contribution >= 0.6 is 11.3 Å². The lowest BCUT2D eigenvalue weighted by atomic mass is 10.3. The molecule has 112 valence electrons. The first kappa shape index (κ1) is 15.1. The van der Waals surface area contributed by atoms with Gasteiger partial charge in [-0.25, -0.2) is 4.39 Å². The van der Waals surface area contributed by atoms with E-state index in [-0.39, 0.29) is 18.0 Å². The summed E-state index contributed by atoms with van der Waals surface area (Å²) in [6.07, 6.45) is 0.972. The Morgan fingerprint density at radius 1 is 1.48 bits per heavy atom. The maximum Gasteiger partial charge on any atom is 0.272 e. The number of nitrogens with zero attached hydrogens (tertiary/aromatic N) is 3. The molecule has 0 aliphatic heterocycles. The van der Waals surface area contributed by atoms with Gasteiger partial charge in [-0.1, -0.05) is 18.3 Å². The predicted octanol–water partition coefficient (Wildman–Crippen LogP) is 2.99. The second-order valence-corrected chi connectivity index (χ2v) is 5.15. The first-order chi connectivity index (χ1) is 10.1. The molecule has 1 N–H and O–H groups in total. The zero-order valence-corrected chi connectivity index (χ0v) is 12.0. The number of hydrogen-bond donors (Lipinski definition) is 1. The van der Waals surface area contributed by atoms with Gasteiger partial charge in [-0.05, 0) is 12.5 Å². The minimum absolute atomic E-state index is 0.0558. The van der Waals surface area contributed by atoms with Crippen molar-refractivity contribution in [2.75, 3.05) is 11.9 Å². The van der Waals surface area contributed by atoms with Crippen molar-refractivity contribution in [2.45, 2.75) is 20.0 Å². The van der Waals surface area contributed by atoms with Gasteiger partial charge < -0.3 is 10.1 Å². The summed E-state index contributed by atoms with van der Waals surface area (Å²) in [5.74, 6) is -0.836. The van der Waals surface area contributed by atoms with Crippen LogP contribution in [0.5, 0.6) is 5.75 Å². The van der Waals surface area contributed by atoms with Crippen LogP contribution in [-0.4, -0.2) is 21.7 Å². The summed E-state index contributed by atoms with van der Waals surface area (Å²) in [7, 11) is 0. The number of ether oxygens (including phenoxy) is 1. The van der Waals surface area contributed by atoms with Gasteiger partial charge in [-0.2, -0.15) is 0 Å². The second-order valence-electron chi connectivity index (χ2n) is 4.09. The highest BCUT2D eigenvalue weighted by Gasteiger charge is 2.12. The van der Waals surface area contributed by atoms with E-state index in [9.17, 15) is 14.5 Å². The third-order valence-electron chi connectivity index (χ3n) is 2.47. The van der Waals surface area contributed by atoms with Gasteiger partial charge in [-0.3, -0.25) is 10.1 Å². The molecule has 1 heterocycles. The van der Waals surface area contributed by atoms with Gasteiger partial charge in [0, 0.05) is 12.6 Å². The smallest absolute Gasteiger partial charge is 0.272 e. The minimum Gasteiger partial charge on any atom is -0.483 e. The van der Waals surface area contributed by atoms with Crippen LogP contribution in [0.3, 0.4) is 0 Å². The lowest BCUT2D eigenvalue weighted by molar-refractivity contribution is -0.385. The molecule has 0 saturated heterocycles. The number of aromatic nitrogens is 2. The Morgan fingerprint density at radius 3 is 2.95 bits per heavy atom. The Morgan fingerprint density at radius 2 is 2.29 bits per heavy atom. The van der Waals surface area contributed by atoms with Crippen LogP contribution in [0, 0.1) is 15.9 Å². The highest BCUT2D eigenvalue weighted by atomic mass is 32.1. The Balaban J connectivity index is 1.96. The van der Waals surface area contributed by atoms with E-state index in [4.69, 9.17) is 4.74 Å². The van der Waals surface area contributed by atoms with Crippen molar-refractivity contribution in [3.05, 3.63) is 39.1 Å². The number of rotatable bonds is 7. The lowest BCUT2D eigenvalue weighted by Gasteiger charge is -2.04. The van der Waals surface area contributed by atoms with Gasteiger partial charge in [0.15, 0.2) is 16.6 Å². The molecule has 0 atom stereocenters. The molecule has 0 aliphatic rings. The van der Waals surface area contributed by atoms with E-state index >= 15 is 0 Å². The Labute approximate surface area is 123 Å². The van der Waals surface area contributed by atoms with Crippen molar-refractivity contribution in [2.24, 2.45) is 0 Å². The zero-order valence-electron chi connectivity index (χ0n) is 11.2. The van der Waals surface area contributed by atoms with Gasteiger partial charge in [0.1, 0.15) is 6.61 Å². The maximum absolute atomic E-state index is 13.6. The average molecular weight is 312 g/mol. The molecular weight excluding hydrogens is 299 g/mol. The largest absolute Gasteiger partial charge is 0.483 e. The van der Waals surface area contributed by atoms with Gasteiger partial charge in [0.05, 0.1) is 11.0 Å². The van der Waals surface area contributed by atoms with E-state index in [1.54, 1.807) is 0 Å². The van der Waals surface area contributed by atoms with Crippen LogP contribution in [0.2, 0.25) is 0 Å². The van der Waals surface area contributed by atoms with E-state index in [0.717, 1.165) is 19.0 Å². The summed E-state index contributed by atoms with van der Waals surface area (Å²) in [6.45, 7) is 2.89. The summed E-state index contributed by atoms with van der Waals surface area (Å²) in [4.78, 5) is 9.84. The number of nitrogens with one attached hydrogen (secondary N) is 1. The van der Waals surface area contributed by atoms with E-state index in [1.165, 1.54) is 23.5 Å². The standard InChI is InChI=1S/C12H13FN4O3S/c1-2-5-14-12-16-15-11(21-12)7-20-10-4-3-8(17(18)19)6-9(10)13/h3-4,6H,2,5,7H2,1H3,(H,14,16). The Hall–Kier alpha value is -2.29. The molecule has 9 heteroatoms. The zero-order chi connectivity index (χ0) is 15.2. The van der Waals surface area contributed by atoms with Crippen LogP contribution in [0.15, 0.2) is 18.2 Å². The summed E-state index contributed by atoms with van der Waals surface area (Å²) >= 11 is 1.32. The van der Waals surface area contributed by atoms with Crippen molar-refractivity contribution in [1.82, 2.24) is 10.2 Å². The normalized spacial score (nSPS) is 10.4. The van der Waals surface area contributed by atoms with Crippen LogP contribution in [-0.2, 0) is 6.61 Å². The molecule has 0 bridgehead atoms. The highest BCUT2D eigenvalue weighted by Crippen LogP contribution is 2.24. The topological polar surface area (TPSA) is 90.2 Å². The van der Waals surface area contributed by atoms with Crippen molar-refractivity contribution < 1.29 is 14.1 Å². The molecule has 1 aromatic heterocycles. The summed E-state index contributed by atoms with van der Waals surface area (Å²) < 4.78 is 18.9. The molecule has 2 aromatic rings. The summed E-state index contributed by atoms with van der Waals surface area (Å²) in [6, 6.07) is 3.24. The van der Waals surface area contributed by atoms with E-state index in [0.29, 0.717) is 10.1 Å². The SMILES string of the molecule is CCCNc1nnc(COc2ccc([N+](=O)[O-])cc2F)s1. The predicted molar refractivity (Wildman–Crippen MR) is 76.1 cm³/mol. The van der Waals surface area contributed by atoms with Gasteiger partial charge in [0.2, 0.25) is 5.13 Å². The molecule has 7 nitrogen and oxygen atoms in total. The first-order valence-corrected chi connectivity index (χ1v) is 7.04. The molecule has 0 radical (unpaired) electrons. The quantitative estimate of drug-likeness (QED) is 0.624. The number of hydrogen-bond acceptors (Lipinski definition) is 7. The van der Waals surface area contributed by atoms with Gasteiger partial charge >= 0.3 is 0 Å². The Bertz CT molecular complexity index is 635. The molecule has 0 unspecified atom stereocenters. The highest BCUT2D eigenvalue weighted by molar-refractivity contribution is 7.15. The Kier molecular flexibility index (Phi) is 4.99. The van der Waals surface area contributed by atoms with Crippen molar-refractivity contribution in [3.8, 4) is 5.75 Å². The van der Waals surface area contributed by atoms with Crippen molar-refractivity contribution >= 4 is 22.2 Å². The number of halogens is 1. The number of benzene rings is 1. The van der Waals surface area contributed by atoms with Crippen LogP contribution in [0.25, 0.3) is 0 Å². The molecular formula is C12H13FN4O3S. The maximum atomic E-state index is 13.6. The monoisotopic (exact) mass is 312 g/mol. The molecule has 2 rings (SSSR count). The molecule has 0 saturated carbocycles. The van der Waals surface area contributed by atoms with Crippen LogP contribution in [0.4, 0.5) is 15.2 Å². The van der Waals surface area contributed by atoms with Crippen LogP contribution < -0.4 is 10.1 Å². The lowest BCUT2D eigenvalue weighted by Crippen LogP contribution is -1.98. The van der Waals surface area contributed by atoms with Gasteiger partial charge in [-0.15, -0.1) is 10.2 Å². The first-order valence-electron chi connectivity index (χ1n) is 6.23. The summed E-state index contributed by atoms with van der Waals surface area (Å²) in [5, 5.41) is 22.7. The fourth-order valence-electron chi connectivity index (χ4n) is 1.48. The van der Waals surface area contributed by atoms with E-state index in [1.807, 2.05) is 6.92 Å². The number of anilines is 1. The van der Waals surface area contributed by atoms with Crippen LogP contribution in [0.1, 0.15) is 18.4 Å². The molecule has 1 aromatic carbocycles. The molecule has 0 fully saturated rings. The third-order valence-corrected chi connectivity index (χ3v) is 3.32. The average Bonchev–Trinajstić information content (AvgIpc) is 2.91. The number of nitro groups is 1. The third kappa shape index (κ3) is 4.09.